The molecule has 0 aromatic heterocycles. The van der Waals surface area contributed by atoms with E-state index in [1.165, 1.54) is 10.4 Å². The van der Waals surface area contributed by atoms with Crippen molar-refractivity contribution in [2.75, 3.05) is 0 Å². The van der Waals surface area contributed by atoms with Crippen molar-refractivity contribution < 1.29 is 0 Å². The highest BCUT2D eigenvalue weighted by Crippen LogP contribution is 2.09. The summed E-state index contributed by atoms with van der Waals surface area (Å²) in [7, 11) is -1.81. The summed E-state index contributed by atoms with van der Waals surface area (Å²) in [6.45, 7) is 13.7. The molecule has 0 amide bonds. The molecule has 0 unspecified atom stereocenters. The fourth-order valence-corrected chi connectivity index (χ4v) is 3.19. The van der Waals surface area contributed by atoms with Gasteiger partial charge in [-0.1, -0.05) is 63.3 Å². The van der Waals surface area contributed by atoms with Crippen molar-refractivity contribution in [2.45, 2.75) is 39.3 Å². The van der Waals surface area contributed by atoms with Crippen LogP contribution in [-0.4, -0.2) is 25.7 Å². The molecule has 0 aliphatic carbocycles. The largest absolute Gasteiger partial charge is 0.145 e. The van der Waals surface area contributed by atoms with E-state index in [9.17, 15) is 0 Å². The highest BCUT2D eigenvalue weighted by atomic mass is 28.3. The van der Waals surface area contributed by atoms with Gasteiger partial charge in [-0.05, 0) is 10.4 Å². The average molecular weight is 273 g/mol. The van der Waals surface area contributed by atoms with Crippen molar-refractivity contribution in [1.29, 1.82) is 0 Å². The van der Waals surface area contributed by atoms with Gasteiger partial charge in [0.1, 0.15) is 25.7 Å². The molecule has 0 saturated heterocycles. The standard InChI is InChI=1S/C14H20Si3/c1-16(2,3)11-9-13-7-8-14(15-13)10-12-17(4,5)6/h7-8H,1-6H3. The van der Waals surface area contributed by atoms with Gasteiger partial charge in [0.25, 0.3) is 0 Å². The average Bonchev–Trinajstić information content (AvgIpc) is 2.57. The lowest BCUT2D eigenvalue weighted by molar-refractivity contribution is 1.81. The van der Waals surface area contributed by atoms with Crippen molar-refractivity contribution in [1.82, 2.24) is 0 Å². The maximum atomic E-state index is 3.41. The first-order valence-corrected chi connectivity index (χ1v) is 13.9. The van der Waals surface area contributed by atoms with Crippen LogP contribution in [0.5, 0.6) is 0 Å². The first-order chi connectivity index (χ1) is 7.66. The van der Waals surface area contributed by atoms with E-state index in [0.29, 0.717) is 9.52 Å². The molecule has 0 aromatic carbocycles. The van der Waals surface area contributed by atoms with Gasteiger partial charge in [0.05, 0.1) is 0 Å². The second-order valence-electron chi connectivity index (χ2n) is 6.29. The van der Waals surface area contributed by atoms with E-state index >= 15 is 0 Å². The summed E-state index contributed by atoms with van der Waals surface area (Å²) in [5.74, 6) is 6.65. The van der Waals surface area contributed by atoms with Gasteiger partial charge < -0.3 is 0 Å². The van der Waals surface area contributed by atoms with Crippen molar-refractivity contribution in [3.8, 4) is 22.9 Å². The van der Waals surface area contributed by atoms with E-state index in [1.54, 1.807) is 0 Å². The van der Waals surface area contributed by atoms with Gasteiger partial charge in [0.15, 0.2) is 0 Å². The maximum Gasteiger partial charge on any atom is 0.145 e. The van der Waals surface area contributed by atoms with E-state index in [1.807, 2.05) is 0 Å². The van der Waals surface area contributed by atoms with Crippen molar-refractivity contribution >= 4 is 25.7 Å². The van der Waals surface area contributed by atoms with Crippen molar-refractivity contribution in [3.63, 3.8) is 0 Å². The zero-order chi connectivity index (χ0) is 13.1. The summed E-state index contributed by atoms with van der Waals surface area (Å²) in [6, 6.07) is 0. The lowest BCUT2D eigenvalue weighted by atomic mass is 10.4. The van der Waals surface area contributed by atoms with Crippen LogP contribution in [0.15, 0.2) is 22.5 Å². The highest BCUT2D eigenvalue weighted by Gasteiger charge is 2.11. The SMILES string of the molecule is C[Si](C)(C)C#CC1=CC=C(C#C[Si](C)(C)C)[Si]1. The van der Waals surface area contributed by atoms with Gasteiger partial charge in [-0.2, -0.15) is 0 Å². The molecule has 1 aliphatic heterocycles. The van der Waals surface area contributed by atoms with Gasteiger partial charge >= 0.3 is 0 Å². The second kappa shape index (κ2) is 5.27. The van der Waals surface area contributed by atoms with Crippen LogP contribution in [0.2, 0.25) is 39.3 Å². The Balaban J connectivity index is 2.62. The second-order valence-corrected chi connectivity index (χ2v) is 17.1. The summed E-state index contributed by atoms with van der Waals surface area (Å²) in [5.41, 5.74) is 6.82. The van der Waals surface area contributed by atoms with E-state index in [-0.39, 0.29) is 0 Å². The lowest BCUT2D eigenvalue weighted by Crippen LogP contribution is -2.17. The minimum absolute atomic E-state index is 0.682. The van der Waals surface area contributed by atoms with Gasteiger partial charge in [-0.3, -0.25) is 0 Å². The molecule has 2 radical (unpaired) electrons. The molecule has 1 aliphatic rings. The van der Waals surface area contributed by atoms with Crippen LogP contribution in [0, 0.1) is 22.9 Å². The predicted octanol–water partition coefficient (Wildman–Crippen LogP) is 3.23. The van der Waals surface area contributed by atoms with Crippen LogP contribution in [0.1, 0.15) is 0 Å². The topological polar surface area (TPSA) is 0 Å². The zero-order valence-electron chi connectivity index (χ0n) is 11.7. The molecule has 0 bridgehead atoms. The van der Waals surface area contributed by atoms with Crippen LogP contribution in [0.4, 0.5) is 0 Å². The molecule has 0 saturated carbocycles. The predicted molar refractivity (Wildman–Crippen MR) is 84.2 cm³/mol. The summed E-state index contributed by atoms with van der Waals surface area (Å²) >= 11 is 0. The number of rotatable bonds is 0. The fraction of sp³-hybridized carbons (Fsp3) is 0.429. The Hall–Kier alpha value is -0.749. The molecule has 0 N–H and O–H groups in total. The van der Waals surface area contributed by atoms with E-state index < -0.39 is 16.1 Å². The van der Waals surface area contributed by atoms with Gasteiger partial charge in [-0.15, -0.1) is 11.1 Å². The Morgan fingerprint density at radius 2 is 1.12 bits per heavy atom. The molecule has 0 fully saturated rings. The number of allylic oxidation sites excluding steroid dienone is 4. The third kappa shape index (κ3) is 6.53. The Labute approximate surface area is 110 Å². The van der Waals surface area contributed by atoms with Crippen LogP contribution in [-0.2, 0) is 0 Å². The van der Waals surface area contributed by atoms with Gasteiger partial charge in [-0.25, -0.2) is 0 Å². The molecule has 0 nitrogen and oxygen atoms in total. The fourth-order valence-electron chi connectivity index (χ4n) is 1.05. The Bertz CT molecular complexity index is 428. The summed E-state index contributed by atoms with van der Waals surface area (Å²) < 4.78 is 0. The van der Waals surface area contributed by atoms with E-state index in [2.05, 4.69) is 74.4 Å². The number of hydrogen-bond acceptors (Lipinski definition) is 0. The summed E-state index contributed by atoms with van der Waals surface area (Å²) in [4.78, 5) is 0. The smallest absolute Gasteiger partial charge is 0.127 e. The van der Waals surface area contributed by atoms with Crippen LogP contribution >= 0.6 is 0 Å². The van der Waals surface area contributed by atoms with E-state index in [4.69, 9.17) is 0 Å². The minimum atomic E-state index is -1.24. The monoisotopic (exact) mass is 272 g/mol. The summed E-state index contributed by atoms with van der Waals surface area (Å²) in [5, 5.41) is 2.51. The zero-order valence-corrected chi connectivity index (χ0v) is 14.7. The molecule has 0 atom stereocenters. The first kappa shape index (κ1) is 14.3. The van der Waals surface area contributed by atoms with Crippen LogP contribution in [0.3, 0.4) is 0 Å². The third-order valence-corrected chi connectivity index (χ3v) is 4.70. The molecule has 17 heavy (non-hydrogen) atoms. The van der Waals surface area contributed by atoms with Crippen LogP contribution < -0.4 is 0 Å². The van der Waals surface area contributed by atoms with Gasteiger partial charge in [0, 0.05) is 0 Å². The number of hydrogen-bond donors (Lipinski definition) is 0. The first-order valence-electron chi connectivity index (χ1n) is 5.91. The summed E-state index contributed by atoms with van der Waals surface area (Å²) in [6.07, 6.45) is 4.28. The lowest BCUT2D eigenvalue weighted by Gasteiger charge is -2.04. The van der Waals surface area contributed by atoms with Crippen molar-refractivity contribution in [2.24, 2.45) is 0 Å². The molecule has 88 valence electrons. The maximum absolute atomic E-state index is 3.41. The Morgan fingerprint density at radius 1 is 0.765 bits per heavy atom. The van der Waals surface area contributed by atoms with Crippen molar-refractivity contribution in [3.05, 3.63) is 22.5 Å². The molecule has 0 aromatic rings. The molecular formula is C14H20Si3. The molecular weight excluding hydrogens is 252 g/mol. The minimum Gasteiger partial charge on any atom is -0.127 e. The quantitative estimate of drug-likeness (QED) is 0.469. The van der Waals surface area contributed by atoms with Crippen LogP contribution in [0.25, 0.3) is 0 Å². The van der Waals surface area contributed by atoms with Gasteiger partial charge in [0.2, 0.25) is 0 Å². The highest BCUT2D eigenvalue weighted by molar-refractivity contribution is 6.84. The molecule has 1 heterocycles. The molecule has 1 rings (SSSR count). The molecule has 3 heteroatoms. The van der Waals surface area contributed by atoms with E-state index in [0.717, 1.165) is 0 Å². The Morgan fingerprint density at radius 3 is 1.41 bits per heavy atom. The third-order valence-electron chi connectivity index (χ3n) is 1.83. The molecule has 0 spiro atoms. The Kier molecular flexibility index (Phi) is 4.43. The normalized spacial score (nSPS) is 15.2.